The van der Waals surface area contributed by atoms with Crippen LogP contribution >= 0.6 is 0 Å². The van der Waals surface area contributed by atoms with Crippen molar-refractivity contribution >= 4 is 50.6 Å². The highest BCUT2D eigenvalue weighted by molar-refractivity contribution is 6.13. The van der Waals surface area contributed by atoms with Gasteiger partial charge in [0, 0.05) is 49.5 Å². The van der Waals surface area contributed by atoms with E-state index >= 15 is 0 Å². The van der Waals surface area contributed by atoms with Crippen LogP contribution in [0.3, 0.4) is 0 Å². The first-order valence-corrected chi connectivity index (χ1v) is 21.6. The van der Waals surface area contributed by atoms with Gasteiger partial charge in [-0.3, -0.25) is 0 Å². The van der Waals surface area contributed by atoms with Gasteiger partial charge in [-0.15, -0.1) is 0 Å². The van der Waals surface area contributed by atoms with E-state index in [0.29, 0.717) is 0 Å². The molecule has 3 heteroatoms. The van der Waals surface area contributed by atoms with Gasteiger partial charge >= 0.3 is 0 Å². The summed E-state index contributed by atoms with van der Waals surface area (Å²) < 4.78 is 9.00. The number of nitrogens with one attached hydrogen (secondary N) is 1. The van der Waals surface area contributed by atoms with Crippen molar-refractivity contribution in [1.29, 1.82) is 0 Å². The molecule has 62 heavy (non-hydrogen) atoms. The molecule has 8 aromatic carbocycles. The Bertz CT molecular complexity index is 3570. The van der Waals surface area contributed by atoms with Crippen LogP contribution in [-0.2, 0) is 11.8 Å². The molecule has 1 unspecified atom stereocenters. The molecule has 0 fully saturated rings. The number of allylic oxidation sites excluding steroid dienone is 1. The van der Waals surface area contributed by atoms with Crippen LogP contribution in [0.15, 0.2) is 189 Å². The van der Waals surface area contributed by atoms with Gasteiger partial charge in [0.25, 0.3) is 0 Å². The first kappa shape index (κ1) is 36.2. The van der Waals surface area contributed by atoms with Crippen LogP contribution in [0.1, 0.15) is 53.1 Å². The summed E-state index contributed by atoms with van der Waals surface area (Å²) in [5.41, 5.74) is 18.0. The van der Waals surface area contributed by atoms with E-state index in [1.807, 2.05) is 6.26 Å². The van der Waals surface area contributed by atoms with Gasteiger partial charge in [0.2, 0.25) is 0 Å². The Hall–Kier alpha value is -7.62. The second-order valence-corrected chi connectivity index (χ2v) is 17.5. The normalized spacial score (nSPS) is 15.3. The Labute approximate surface area is 361 Å². The first-order valence-electron chi connectivity index (χ1n) is 21.6. The maximum atomic E-state index is 6.50. The fourth-order valence-corrected chi connectivity index (χ4v) is 10.4. The zero-order chi connectivity index (χ0) is 41.5. The summed E-state index contributed by atoms with van der Waals surface area (Å²) in [6, 6.07) is 66.8. The molecule has 0 bridgehead atoms. The zero-order valence-electron chi connectivity index (χ0n) is 34.8. The van der Waals surface area contributed by atoms with Crippen LogP contribution < -0.4 is 15.3 Å². The van der Waals surface area contributed by atoms with Gasteiger partial charge in [-0.05, 0) is 117 Å². The topological polar surface area (TPSA) is 29.9 Å². The lowest BCUT2D eigenvalue weighted by Crippen LogP contribution is -2.24. The van der Waals surface area contributed by atoms with Crippen LogP contribution in [0.2, 0.25) is 0 Å². The first-order chi connectivity index (χ1) is 30.4. The molecule has 0 saturated carbocycles. The average molecular weight is 797 g/mol. The number of hydrogen-bond acceptors (Lipinski definition) is 1. The number of fused-ring (bicyclic) bond motifs is 10. The molecule has 0 spiro atoms. The Balaban J connectivity index is 1.03. The molecule has 1 aliphatic heterocycles. The Kier molecular flexibility index (Phi) is 8.17. The Morgan fingerprint density at radius 2 is 1.31 bits per heavy atom. The lowest BCUT2D eigenvalue weighted by Gasteiger charge is -2.22. The molecule has 3 nitrogen and oxygen atoms in total. The summed E-state index contributed by atoms with van der Waals surface area (Å²) in [7, 11) is 0. The number of H-pyrrole nitrogens is 1. The summed E-state index contributed by atoms with van der Waals surface area (Å²) in [6.45, 7) is 9.23. The smallest absolute Gasteiger partial charge is 0.135 e. The predicted molar refractivity (Wildman–Crippen MR) is 258 cm³/mol. The third-order valence-electron chi connectivity index (χ3n) is 13.5. The summed E-state index contributed by atoms with van der Waals surface area (Å²) in [6.07, 6.45) is 4.93. The molecule has 3 heterocycles. The monoisotopic (exact) mass is 796 g/mol. The lowest BCUT2D eigenvalue weighted by atomic mass is 9.82. The highest BCUT2D eigenvalue weighted by atomic mass is 16.5. The number of hydrogen-bond donors (Lipinski definition) is 1. The van der Waals surface area contributed by atoms with E-state index in [2.05, 4.69) is 218 Å². The highest BCUT2D eigenvalue weighted by Gasteiger charge is 2.36. The van der Waals surface area contributed by atoms with Crippen molar-refractivity contribution in [3.05, 3.63) is 233 Å². The Morgan fingerprint density at radius 3 is 2.18 bits per heavy atom. The molecular formula is C59H44N2O. The van der Waals surface area contributed by atoms with Gasteiger partial charge in [0.15, 0.2) is 0 Å². The van der Waals surface area contributed by atoms with Gasteiger partial charge in [-0.1, -0.05) is 154 Å². The second kappa shape index (κ2) is 14.0. The largest absolute Gasteiger partial charge is 0.462 e. The van der Waals surface area contributed by atoms with E-state index in [4.69, 9.17) is 4.74 Å². The number of nitrogens with zero attached hydrogens (tertiary/aromatic N) is 1. The van der Waals surface area contributed by atoms with Crippen molar-refractivity contribution in [2.24, 2.45) is 0 Å². The minimum Gasteiger partial charge on any atom is -0.462 e. The fraction of sp³-hybridized carbons (Fsp3) is 0.0847. The average Bonchev–Trinajstić information content (AvgIpc) is 3.90. The molecule has 2 aliphatic rings. The Morgan fingerprint density at radius 1 is 0.581 bits per heavy atom. The van der Waals surface area contributed by atoms with E-state index in [9.17, 15) is 0 Å². The molecule has 2 aromatic heterocycles. The summed E-state index contributed by atoms with van der Waals surface area (Å²) in [4.78, 5) is 3.54. The molecule has 296 valence electrons. The van der Waals surface area contributed by atoms with Crippen molar-refractivity contribution in [3.8, 4) is 33.7 Å². The number of rotatable bonds is 6. The van der Waals surface area contributed by atoms with E-state index in [1.54, 1.807) is 0 Å². The molecule has 1 N–H and O–H groups in total. The van der Waals surface area contributed by atoms with Gasteiger partial charge < -0.3 is 14.3 Å². The van der Waals surface area contributed by atoms with Gasteiger partial charge in [-0.25, -0.2) is 0 Å². The summed E-state index contributed by atoms with van der Waals surface area (Å²) in [5.74, 6) is 0.983. The standard InChI is InChI=1S/C59H44N2O/c1-37-29-49-46-22-11-13-24-54(46)60-55(49)36-62-58-33-41(25-27-44(37)58)40-26-28-56-50(32-40)51-34-48-45-21-10-12-23-52(45)59(2,3)53(48)35-57(51)61(56)43-20-14-19-42(31-43)47(39-17-8-5-9-18-39)30-38-15-6-4-7-16-38/h4-29,31-36,47,60H,1,30H2,2-3H3/b49-29-,55-36+. The van der Waals surface area contributed by atoms with Gasteiger partial charge in [-0.2, -0.15) is 0 Å². The third kappa shape index (κ3) is 5.73. The predicted octanol–water partition coefficient (Wildman–Crippen LogP) is 13.2. The van der Waals surface area contributed by atoms with Crippen molar-refractivity contribution < 1.29 is 4.74 Å². The van der Waals surface area contributed by atoms with Crippen molar-refractivity contribution in [2.45, 2.75) is 31.6 Å². The van der Waals surface area contributed by atoms with Crippen LogP contribution in [0, 0.1) is 0 Å². The minimum atomic E-state index is -0.130. The van der Waals surface area contributed by atoms with Crippen LogP contribution in [0.5, 0.6) is 5.75 Å². The maximum Gasteiger partial charge on any atom is 0.135 e. The number of aromatic amines is 1. The fourth-order valence-electron chi connectivity index (χ4n) is 10.4. The van der Waals surface area contributed by atoms with E-state index in [0.717, 1.165) is 61.6 Å². The minimum absolute atomic E-state index is 0.130. The van der Waals surface area contributed by atoms with Gasteiger partial charge in [0.05, 0.1) is 16.4 Å². The third-order valence-corrected chi connectivity index (χ3v) is 13.5. The van der Waals surface area contributed by atoms with Crippen LogP contribution in [0.25, 0.3) is 78.6 Å². The lowest BCUT2D eigenvalue weighted by molar-refractivity contribution is 0.536. The number of ether oxygens (including phenoxy) is 1. The van der Waals surface area contributed by atoms with Gasteiger partial charge in [0.1, 0.15) is 12.0 Å². The number of aromatic nitrogens is 2. The molecule has 0 amide bonds. The van der Waals surface area contributed by atoms with E-state index in [-0.39, 0.29) is 11.3 Å². The van der Waals surface area contributed by atoms with Crippen molar-refractivity contribution in [2.75, 3.05) is 0 Å². The van der Waals surface area contributed by atoms with Crippen LogP contribution in [-0.4, -0.2) is 9.55 Å². The molecule has 10 aromatic rings. The number of para-hydroxylation sites is 1. The van der Waals surface area contributed by atoms with E-state index < -0.39 is 0 Å². The van der Waals surface area contributed by atoms with Crippen molar-refractivity contribution in [1.82, 2.24) is 9.55 Å². The summed E-state index contributed by atoms with van der Waals surface area (Å²) >= 11 is 0. The molecule has 1 atom stereocenters. The number of benzene rings is 8. The summed E-state index contributed by atoms with van der Waals surface area (Å²) in [5, 5.41) is 5.65. The molecule has 12 rings (SSSR count). The molecule has 0 saturated heterocycles. The highest BCUT2D eigenvalue weighted by Crippen LogP contribution is 2.51. The quantitative estimate of drug-likeness (QED) is 0.178. The SMILES string of the molecule is C=C1/C=c2\c([nH]c3ccccc23)=C/Oc2cc(-c3ccc4c(c3)c3cc5c(cc3n4-c3cccc(C(Cc4ccccc4)c4ccccc4)c3)C(C)(C)c3ccccc3-5)ccc21. The zero-order valence-corrected chi connectivity index (χ0v) is 34.8. The van der Waals surface area contributed by atoms with E-state index in [1.165, 1.54) is 60.8 Å². The second-order valence-electron chi connectivity index (χ2n) is 17.5. The van der Waals surface area contributed by atoms with Crippen LogP contribution in [0.4, 0.5) is 0 Å². The maximum absolute atomic E-state index is 6.50. The molecule has 1 aliphatic carbocycles. The van der Waals surface area contributed by atoms with Crippen molar-refractivity contribution in [3.63, 3.8) is 0 Å². The molecular weight excluding hydrogens is 753 g/mol. The molecule has 0 radical (unpaired) electrons.